The van der Waals surface area contributed by atoms with Crippen LogP contribution >= 0.6 is 35.2 Å². The Morgan fingerprint density at radius 1 is 1.62 bits per heavy atom. The van der Waals surface area contributed by atoms with Gasteiger partial charge in [-0.3, -0.25) is 0 Å². The van der Waals surface area contributed by atoms with Crippen LogP contribution in [0.2, 0.25) is 0 Å². The molecule has 0 aliphatic heterocycles. The van der Waals surface area contributed by atoms with E-state index in [9.17, 15) is 4.79 Å². The highest BCUT2D eigenvalue weighted by Crippen LogP contribution is 2.22. The van der Waals surface area contributed by atoms with Gasteiger partial charge in [-0.15, -0.1) is 12.6 Å². The first-order valence-corrected chi connectivity index (χ1v) is 4.74. The Balaban J connectivity index is 3.41. The molecule has 0 amide bonds. The van der Waals surface area contributed by atoms with Gasteiger partial charge in [0, 0.05) is 8.47 Å². The van der Waals surface area contributed by atoms with Crippen molar-refractivity contribution < 1.29 is 9.90 Å². The van der Waals surface area contributed by atoms with E-state index in [1.165, 1.54) is 12.1 Å². The lowest BCUT2D eigenvalue weighted by Gasteiger charge is -2.01. The summed E-state index contributed by atoms with van der Waals surface area (Å²) in [5, 5.41) is 17.3. The normalized spacial score (nSPS) is 9.31. The highest BCUT2D eigenvalue weighted by Gasteiger charge is 2.09. The van der Waals surface area contributed by atoms with Gasteiger partial charge in [0.2, 0.25) is 0 Å². The summed E-state index contributed by atoms with van der Waals surface area (Å²) in [7, 11) is 0. The van der Waals surface area contributed by atoms with Gasteiger partial charge in [0.1, 0.15) is 6.07 Å². The van der Waals surface area contributed by atoms with Gasteiger partial charge in [-0.1, -0.05) is 0 Å². The summed E-state index contributed by atoms with van der Waals surface area (Å²) in [6.45, 7) is 0. The van der Waals surface area contributed by atoms with Gasteiger partial charge in [0.25, 0.3) is 0 Å². The summed E-state index contributed by atoms with van der Waals surface area (Å²) in [5.74, 6) is -1.04. The molecular weight excluding hydrogens is 301 g/mol. The molecule has 0 aromatic heterocycles. The van der Waals surface area contributed by atoms with Crippen molar-refractivity contribution >= 4 is 41.2 Å². The maximum absolute atomic E-state index is 10.6. The van der Waals surface area contributed by atoms with E-state index in [4.69, 9.17) is 10.4 Å². The lowest BCUT2D eigenvalue weighted by atomic mass is 10.1. The van der Waals surface area contributed by atoms with E-state index in [0.717, 1.165) is 0 Å². The number of nitrogens with zero attached hydrogens (tertiary/aromatic N) is 1. The second-order valence-electron chi connectivity index (χ2n) is 2.27. The van der Waals surface area contributed by atoms with Crippen LogP contribution in [0.25, 0.3) is 0 Å². The molecule has 0 saturated heterocycles. The smallest absolute Gasteiger partial charge is 0.335 e. The quantitative estimate of drug-likeness (QED) is 0.617. The lowest BCUT2D eigenvalue weighted by molar-refractivity contribution is 0.0696. The van der Waals surface area contributed by atoms with E-state index >= 15 is 0 Å². The molecule has 1 aromatic carbocycles. The monoisotopic (exact) mass is 305 g/mol. The SMILES string of the molecule is N#Cc1cc(C(=O)O)cc(I)c1S. The second-order valence-corrected chi connectivity index (χ2v) is 3.88. The highest BCUT2D eigenvalue weighted by atomic mass is 127. The Hall–Kier alpha value is -0.740. The minimum atomic E-state index is -1.04. The van der Waals surface area contributed by atoms with Crippen LogP contribution in [0.3, 0.4) is 0 Å². The van der Waals surface area contributed by atoms with Gasteiger partial charge < -0.3 is 5.11 Å². The fourth-order valence-corrected chi connectivity index (χ4v) is 1.61. The number of nitriles is 1. The standard InChI is InChI=1S/C8H4INO2S/c9-6-2-4(8(11)12)1-5(3-10)7(6)13/h1-2,13H,(H,11,12). The maximum Gasteiger partial charge on any atom is 0.335 e. The van der Waals surface area contributed by atoms with Crippen LogP contribution in [0.15, 0.2) is 17.0 Å². The Labute approximate surface area is 93.9 Å². The average Bonchev–Trinajstić information content (AvgIpc) is 2.09. The molecule has 1 aromatic rings. The predicted molar refractivity (Wildman–Crippen MR) is 58.1 cm³/mol. The number of carboxylic acids is 1. The fraction of sp³-hybridized carbons (Fsp3) is 0. The van der Waals surface area contributed by atoms with Gasteiger partial charge in [-0.25, -0.2) is 4.79 Å². The van der Waals surface area contributed by atoms with Gasteiger partial charge in [0.15, 0.2) is 0 Å². The third kappa shape index (κ3) is 2.14. The zero-order valence-corrected chi connectivity index (χ0v) is 9.33. The molecule has 13 heavy (non-hydrogen) atoms. The molecule has 0 unspecified atom stereocenters. The first-order valence-electron chi connectivity index (χ1n) is 3.22. The average molecular weight is 305 g/mol. The molecule has 3 nitrogen and oxygen atoms in total. The van der Waals surface area contributed by atoms with Gasteiger partial charge in [-0.05, 0) is 34.7 Å². The Morgan fingerprint density at radius 2 is 2.23 bits per heavy atom. The highest BCUT2D eigenvalue weighted by molar-refractivity contribution is 14.1. The van der Waals surface area contributed by atoms with E-state index in [2.05, 4.69) is 12.6 Å². The third-order valence-electron chi connectivity index (χ3n) is 1.43. The van der Waals surface area contributed by atoms with Gasteiger partial charge in [-0.2, -0.15) is 5.26 Å². The molecular formula is C8H4INO2S. The minimum Gasteiger partial charge on any atom is -0.478 e. The first-order chi connectivity index (χ1) is 6.06. The van der Waals surface area contributed by atoms with Crippen molar-refractivity contribution in [2.45, 2.75) is 4.90 Å². The van der Waals surface area contributed by atoms with Crippen LogP contribution in [0.4, 0.5) is 0 Å². The molecule has 66 valence electrons. The fourth-order valence-electron chi connectivity index (χ4n) is 0.808. The second kappa shape index (κ2) is 3.98. The molecule has 0 saturated carbocycles. The van der Waals surface area contributed by atoms with Crippen molar-refractivity contribution in [2.24, 2.45) is 0 Å². The summed E-state index contributed by atoms with van der Waals surface area (Å²) in [6.07, 6.45) is 0. The molecule has 0 aliphatic carbocycles. The van der Waals surface area contributed by atoms with Crippen LogP contribution in [-0.4, -0.2) is 11.1 Å². The number of thiol groups is 1. The van der Waals surface area contributed by atoms with Crippen LogP contribution < -0.4 is 0 Å². The molecule has 1 N–H and O–H groups in total. The van der Waals surface area contributed by atoms with Gasteiger partial charge >= 0.3 is 5.97 Å². The van der Waals surface area contributed by atoms with E-state index in [1.807, 2.05) is 28.7 Å². The number of hydrogen-bond acceptors (Lipinski definition) is 3. The summed E-state index contributed by atoms with van der Waals surface area (Å²) < 4.78 is 0.664. The van der Waals surface area contributed by atoms with Crippen LogP contribution in [0, 0.1) is 14.9 Å². The summed E-state index contributed by atoms with van der Waals surface area (Å²) in [6, 6.07) is 4.68. The van der Waals surface area contributed by atoms with E-state index in [1.54, 1.807) is 0 Å². The number of carbonyl (C=O) groups is 1. The van der Waals surface area contributed by atoms with E-state index < -0.39 is 5.97 Å². The van der Waals surface area contributed by atoms with Crippen molar-refractivity contribution in [3.05, 3.63) is 26.8 Å². The van der Waals surface area contributed by atoms with Gasteiger partial charge in [0.05, 0.1) is 11.1 Å². The summed E-state index contributed by atoms with van der Waals surface area (Å²) >= 11 is 6.03. The zero-order chi connectivity index (χ0) is 10.0. The number of hydrogen-bond donors (Lipinski definition) is 2. The van der Waals surface area contributed by atoms with E-state index in [0.29, 0.717) is 8.47 Å². The summed E-state index contributed by atoms with van der Waals surface area (Å²) in [4.78, 5) is 11.1. The maximum atomic E-state index is 10.6. The minimum absolute atomic E-state index is 0.110. The molecule has 0 atom stereocenters. The van der Waals surface area contributed by atoms with Crippen LogP contribution in [-0.2, 0) is 0 Å². The molecule has 5 heteroatoms. The predicted octanol–water partition coefficient (Wildman–Crippen LogP) is 2.15. The Morgan fingerprint density at radius 3 is 2.69 bits per heavy atom. The van der Waals surface area contributed by atoms with Crippen molar-refractivity contribution in [3.8, 4) is 6.07 Å². The molecule has 0 spiro atoms. The lowest BCUT2D eigenvalue weighted by Crippen LogP contribution is -1.98. The topological polar surface area (TPSA) is 61.1 Å². The molecule has 0 heterocycles. The number of aromatic carboxylic acids is 1. The number of halogens is 1. The number of carboxylic acid groups (broad SMARTS) is 1. The van der Waals surface area contributed by atoms with Crippen molar-refractivity contribution in [1.29, 1.82) is 5.26 Å². The Bertz CT molecular complexity index is 411. The summed E-state index contributed by atoms with van der Waals surface area (Å²) in [5.41, 5.74) is 0.395. The number of rotatable bonds is 1. The molecule has 0 aliphatic rings. The number of benzene rings is 1. The Kier molecular flexibility index (Phi) is 3.17. The van der Waals surface area contributed by atoms with Crippen molar-refractivity contribution in [3.63, 3.8) is 0 Å². The van der Waals surface area contributed by atoms with E-state index in [-0.39, 0.29) is 11.1 Å². The van der Waals surface area contributed by atoms with Crippen molar-refractivity contribution in [2.75, 3.05) is 0 Å². The third-order valence-corrected chi connectivity index (χ3v) is 3.19. The molecule has 0 bridgehead atoms. The van der Waals surface area contributed by atoms with Crippen LogP contribution in [0.1, 0.15) is 15.9 Å². The zero-order valence-electron chi connectivity index (χ0n) is 6.28. The largest absolute Gasteiger partial charge is 0.478 e. The molecule has 0 fully saturated rings. The van der Waals surface area contributed by atoms with Crippen molar-refractivity contribution in [1.82, 2.24) is 0 Å². The first kappa shape index (κ1) is 10.3. The molecule has 0 radical (unpaired) electrons. The van der Waals surface area contributed by atoms with Crippen LogP contribution in [0.5, 0.6) is 0 Å². The molecule has 1 rings (SSSR count).